The van der Waals surface area contributed by atoms with Crippen LogP contribution >= 0.6 is 15.9 Å². The molecule has 0 unspecified atom stereocenters. The van der Waals surface area contributed by atoms with Crippen LogP contribution in [-0.2, 0) is 0 Å². The number of hydrogen-bond acceptors (Lipinski definition) is 6. The van der Waals surface area contributed by atoms with E-state index in [4.69, 9.17) is 10.2 Å². The highest BCUT2D eigenvalue weighted by Crippen LogP contribution is 2.30. The Kier molecular flexibility index (Phi) is 4.15. The Morgan fingerprint density at radius 3 is 2.72 bits per heavy atom. The number of nitrogens with zero attached hydrogens (tertiary/aromatic N) is 4. The van der Waals surface area contributed by atoms with E-state index >= 15 is 0 Å². The fraction of sp³-hybridized carbons (Fsp3) is 0.111. The molecule has 0 atom stereocenters. The molecule has 0 radical (unpaired) electrons. The minimum Gasteiger partial charge on any atom is -0.414 e. The SMILES string of the molecule is Nc1ncc(-c2ccccc2Br)nc1-c1nnc(C2=CCCC=C2)o1. The van der Waals surface area contributed by atoms with Crippen LogP contribution in [0.3, 0.4) is 0 Å². The van der Waals surface area contributed by atoms with Crippen LogP contribution in [-0.4, -0.2) is 20.2 Å². The van der Waals surface area contributed by atoms with Crippen molar-refractivity contribution in [3.63, 3.8) is 0 Å². The fourth-order valence-corrected chi connectivity index (χ4v) is 3.05. The quantitative estimate of drug-likeness (QED) is 0.711. The van der Waals surface area contributed by atoms with Crippen molar-refractivity contribution in [3.8, 4) is 22.8 Å². The lowest BCUT2D eigenvalue weighted by molar-refractivity contribution is 0.552. The van der Waals surface area contributed by atoms with Gasteiger partial charge in [-0.05, 0) is 18.9 Å². The summed E-state index contributed by atoms with van der Waals surface area (Å²) in [4.78, 5) is 8.81. The van der Waals surface area contributed by atoms with Crippen molar-refractivity contribution in [2.75, 3.05) is 5.73 Å². The van der Waals surface area contributed by atoms with Crippen LogP contribution in [0, 0.1) is 0 Å². The molecule has 3 aromatic rings. The summed E-state index contributed by atoms with van der Waals surface area (Å²) in [7, 11) is 0. The first-order valence-electron chi connectivity index (χ1n) is 7.81. The second-order valence-electron chi connectivity index (χ2n) is 5.52. The van der Waals surface area contributed by atoms with Gasteiger partial charge in [0.25, 0.3) is 5.89 Å². The minimum absolute atomic E-state index is 0.249. The first-order valence-corrected chi connectivity index (χ1v) is 8.60. The molecular formula is C18H14BrN5O. The van der Waals surface area contributed by atoms with Gasteiger partial charge in [-0.15, -0.1) is 10.2 Å². The molecule has 0 aliphatic heterocycles. The first kappa shape index (κ1) is 15.7. The third-order valence-corrected chi connectivity index (χ3v) is 4.51. The van der Waals surface area contributed by atoms with Gasteiger partial charge in [0.2, 0.25) is 5.89 Å². The molecule has 2 N–H and O–H groups in total. The standard InChI is InChI=1S/C18H14BrN5O/c19-13-9-5-4-8-12(13)14-10-21-16(20)15(22-14)18-24-23-17(25-18)11-6-2-1-3-7-11/h2,4-10H,1,3H2,(H2,20,21). The second-order valence-corrected chi connectivity index (χ2v) is 6.37. The zero-order chi connectivity index (χ0) is 17.2. The number of aromatic nitrogens is 4. The second kappa shape index (κ2) is 6.60. The van der Waals surface area contributed by atoms with E-state index in [1.54, 1.807) is 6.20 Å². The van der Waals surface area contributed by atoms with E-state index < -0.39 is 0 Å². The molecule has 7 heteroatoms. The lowest BCUT2D eigenvalue weighted by Gasteiger charge is -2.06. The lowest BCUT2D eigenvalue weighted by Crippen LogP contribution is -1.99. The van der Waals surface area contributed by atoms with Crippen LogP contribution in [0.1, 0.15) is 18.7 Å². The summed E-state index contributed by atoms with van der Waals surface area (Å²) in [5.41, 5.74) is 8.87. The molecule has 25 heavy (non-hydrogen) atoms. The van der Waals surface area contributed by atoms with Gasteiger partial charge in [0, 0.05) is 15.6 Å². The Balaban J connectivity index is 1.75. The highest BCUT2D eigenvalue weighted by molar-refractivity contribution is 9.10. The van der Waals surface area contributed by atoms with Crippen LogP contribution in [0.5, 0.6) is 0 Å². The number of rotatable bonds is 3. The normalized spacial score (nSPS) is 13.7. The van der Waals surface area contributed by atoms with Gasteiger partial charge in [-0.25, -0.2) is 9.97 Å². The van der Waals surface area contributed by atoms with E-state index in [1.165, 1.54) is 0 Å². The highest BCUT2D eigenvalue weighted by atomic mass is 79.9. The number of nitrogen functional groups attached to an aromatic ring is 1. The van der Waals surface area contributed by atoms with Crippen molar-refractivity contribution in [3.05, 3.63) is 59.1 Å². The van der Waals surface area contributed by atoms with Crippen molar-refractivity contribution in [2.24, 2.45) is 0 Å². The number of anilines is 1. The fourth-order valence-electron chi connectivity index (χ4n) is 2.56. The molecule has 1 aliphatic rings. The molecule has 0 saturated carbocycles. The van der Waals surface area contributed by atoms with E-state index in [-0.39, 0.29) is 11.7 Å². The molecule has 2 aromatic heterocycles. The zero-order valence-corrected chi connectivity index (χ0v) is 14.8. The maximum Gasteiger partial charge on any atom is 0.270 e. The molecule has 0 amide bonds. The van der Waals surface area contributed by atoms with Gasteiger partial charge in [-0.3, -0.25) is 0 Å². The molecular weight excluding hydrogens is 382 g/mol. The number of allylic oxidation sites excluding steroid dienone is 4. The maximum absolute atomic E-state index is 5.98. The topological polar surface area (TPSA) is 90.7 Å². The molecule has 0 spiro atoms. The van der Waals surface area contributed by atoms with Gasteiger partial charge in [0.1, 0.15) is 0 Å². The maximum atomic E-state index is 5.98. The molecule has 6 nitrogen and oxygen atoms in total. The van der Waals surface area contributed by atoms with E-state index in [0.717, 1.165) is 28.5 Å². The van der Waals surface area contributed by atoms with Crippen molar-refractivity contribution in [1.82, 2.24) is 20.2 Å². The predicted octanol–water partition coefficient (Wildman–Crippen LogP) is 4.27. The Hall–Kier alpha value is -2.80. The average molecular weight is 396 g/mol. The van der Waals surface area contributed by atoms with Gasteiger partial charge >= 0.3 is 0 Å². The first-order chi connectivity index (χ1) is 12.2. The van der Waals surface area contributed by atoms with E-state index in [9.17, 15) is 0 Å². The monoisotopic (exact) mass is 395 g/mol. The van der Waals surface area contributed by atoms with Gasteiger partial charge < -0.3 is 10.2 Å². The summed E-state index contributed by atoms with van der Waals surface area (Å²) in [5, 5.41) is 8.20. The largest absolute Gasteiger partial charge is 0.414 e. The molecule has 1 aliphatic carbocycles. The van der Waals surface area contributed by atoms with Crippen LogP contribution in [0.4, 0.5) is 5.82 Å². The number of benzene rings is 1. The smallest absolute Gasteiger partial charge is 0.270 e. The van der Waals surface area contributed by atoms with Crippen LogP contribution in [0.15, 0.2) is 57.6 Å². The predicted molar refractivity (Wildman–Crippen MR) is 99.2 cm³/mol. The van der Waals surface area contributed by atoms with E-state index in [2.05, 4.69) is 48.2 Å². The Bertz CT molecular complexity index is 993. The van der Waals surface area contributed by atoms with E-state index in [0.29, 0.717) is 17.3 Å². The third kappa shape index (κ3) is 3.10. The average Bonchev–Trinajstić information content (AvgIpc) is 3.13. The van der Waals surface area contributed by atoms with Crippen LogP contribution < -0.4 is 5.73 Å². The molecule has 2 heterocycles. The molecule has 0 saturated heterocycles. The summed E-state index contributed by atoms with van der Waals surface area (Å²) in [6, 6.07) is 7.77. The summed E-state index contributed by atoms with van der Waals surface area (Å²) < 4.78 is 6.70. The van der Waals surface area contributed by atoms with Crippen molar-refractivity contribution < 1.29 is 4.42 Å². The molecule has 0 bridgehead atoms. The number of hydrogen-bond donors (Lipinski definition) is 1. The van der Waals surface area contributed by atoms with Crippen molar-refractivity contribution in [2.45, 2.75) is 12.8 Å². The minimum atomic E-state index is 0.249. The Morgan fingerprint density at radius 2 is 1.92 bits per heavy atom. The van der Waals surface area contributed by atoms with Crippen LogP contribution in [0.2, 0.25) is 0 Å². The summed E-state index contributed by atoms with van der Waals surface area (Å²) >= 11 is 3.52. The highest BCUT2D eigenvalue weighted by Gasteiger charge is 2.18. The Morgan fingerprint density at radius 1 is 1.08 bits per heavy atom. The molecule has 124 valence electrons. The summed E-state index contributed by atoms with van der Waals surface area (Å²) in [5.74, 6) is 0.964. The molecule has 0 fully saturated rings. The summed E-state index contributed by atoms with van der Waals surface area (Å²) in [6.07, 6.45) is 9.75. The molecule has 1 aromatic carbocycles. The van der Waals surface area contributed by atoms with Crippen molar-refractivity contribution >= 4 is 27.3 Å². The number of halogens is 1. The lowest BCUT2D eigenvalue weighted by atomic mass is 10.1. The third-order valence-electron chi connectivity index (χ3n) is 3.82. The molecule has 4 rings (SSSR count). The van der Waals surface area contributed by atoms with Gasteiger partial charge in [-0.2, -0.15) is 0 Å². The van der Waals surface area contributed by atoms with Gasteiger partial charge in [-0.1, -0.05) is 52.4 Å². The van der Waals surface area contributed by atoms with Crippen molar-refractivity contribution in [1.29, 1.82) is 0 Å². The summed E-state index contributed by atoms with van der Waals surface area (Å²) in [6.45, 7) is 0. The number of nitrogens with two attached hydrogens (primary N) is 1. The van der Waals surface area contributed by atoms with Gasteiger partial charge in [0.05, 0.1) is 11.9 Å². The zero-order valence-electron chi connectivity index (χ0n) is 13.2. The Labute approximate surface area is 152 Å². The van der Waals surface area contributed by atoms with Gasteiger partial charge in [0.15, 0.2) is 11.5 Å². The van der Waals surface area contributed by atoms with E-state index in [1.807, 2.05) is 30.3 Å². The van der Waals surface area contributed by atoms with Crippen LogP contribution in [0.25, 0.3) is 28.4 Å².